The molecule has 7 N–H and O–H groups in total. The van der Waals surface area contributed by atoms with Crippen LogP contribution in [0, 0.1) is 11.8 Å². The smallest absolute Gasteiger partial charge is 0.267 e. The summed E-state index contributed by atoms with van der Waals surface area (Å²) in [6.45, 7) is 1.49. The fraction of sp³-hybridized carbons (Fsp3) is 0.350. The molecule has 0 saturated carbocycles. The fourth-order valence-electron chi connectivity index (χ4n) is 3.72. The van der Waals surface area contributed by atoms with Gasteiger partial charge in [0.05, 0.1) is 29.5 Å². The summed E-state index contributed by atoms with van der Waals surface area (Å²) in [5, 5.41) is 6.26. The Morgan fingerprint density at radius 3 is 2.30 bits per heavy atom. The van der Waals surface area contributed by atoms with Gasteiger partial charge in [-0.1, -0.05) is 0 Å². The van der Waals surface area contributed by atoms with Crippen LogP contribution in [0.15, 0.2) is 30.3 Å². The number of halogens is 4. The number of nitrogens with zero attached hydrogens (tertiary/aromatic N) is 1. The van der Waals surface area contributed by atoms with E-state index < -0.39 is 0 Å². The molecular weight excluding hydrogens is 690 g/mol. The summed E-state index contributed by atoms with van der Waals surface area (Å²) in [6.07, 6.45) is 2.46. The number of imidazole rings is 1. The van der Waals surface area contributed by atoms with Gasteiger partial charge in [-0.05, 0) is 114 Å². The second-order valence-electron chi connectivity index (χ2n) is 7.59. The van der Waals surface area contributed by atoms with Crippen LogP contribution in [-0.4, -0.2) is 52.3 Å². The maximum Gasteiger partial charge on any atom is 0.267 e. The van der Waals surface area contributed by atoms with Crippen molar-refractivity contribution >= 4 is 81.9 Å². The lowest BCUT2D eigenvalue weighted by atomic mass is 9.79. The maximum atomic E-state index is 12.3. The lowest BCUT2D eigenvalue weighted by Gasteiger charge is -2.30. The monoisotopic (exact) mass is 709 g/mol. The molecule has 4 rings (SSSR count). The maximum absolute atomic E-state index is 12.3. The molecule has 0 aromatic carbocycles. The second kappa shape index (κ2) is 11.8. The average Bonchev–Trinajstić information content (AvgIpc) is 3.42. The largest absolute Gasteiger partial charge is 0.369 e. The van der Waals surface area contributed by atoms with E-state index in [9.17, 15) is 9.59 Å². The quantitative estimate of drug-likeness (QED) is 0.213. The van der Waals surface area contributed by atoms with Gasteiger partial charge in [0.25, 0.3) is 5.91 Å². The van der Waals surface area contributed by atoms with E-state index in [0.717, 1.165) is 55.2 Å². The molecule has 0 saturated heterocycles. The third kappa shape index (κ3) is 6.81. The van der Waals surface area contributed by atoms with Crippen molar-refractivity contribution in [2.24, 2.45) is 11.8 Å². The van der Waals surface area contributed by atoms with Gasteiger partial charge in [-0.2, -0.15) is 0 Å². The van der Waals surface area contributed by atoms with Gasteiger partial charge in [0.1, 0.15) is 5.69 Å². The van der Waals surface area contributed by atoms with Gasteiger partial charge in [-0.25, -0.2) is 4.98 Å². The molecule has 33 heavy (non-hydrogen) atoms. The van der Waals surface area contributed by atoms with Crippen LogP contribution in [0.3, 0.4) is 0 Å². The highest BCUT2D eigenvalue weighted by molar-refractivity contribution is 9.13. The number of rotatable bonds is 6. The first-order valence-corrected chi connectivity index (χ1v) is 13.2. The third-order valence-corrected chi connectivity index (χ3v) is 8.87. The molecule has 0 spiro atoms. The lowest BCUT2D eigenvalue weighted by molar-refractivity contribution is 0.0935. The van der Waals surface area contributed by atoms with E-state index in [1.54, 1.807) is 12.1 Å². The average molecular weight is 713 g/mol. The van der Waals surface area contributed by atoms with Gasteiger partial charge in [0, 0.05) is 12.2 Å². The van der Waals surface area contributed by atoms with Crippen LogP contribution >= 0.6 is 63.7 Å². The molecule has 0 aliphatic heterocycles. The number of aldehydes is 1. The minimum absolute atomic E-state index is 0.112. The van der Waals surface area contributed by atoms with E-state index in [1.807, 2.05) is 7.05 Å². The van der Waals surface area contributed by atoms with Crippen molar-refractivity contribution in [2.75, 3.05) is 25.9 Å². The van der Waals surface area contributed by atoms with Crippen molar-refractivity contribution in [3.8, 4) is 0 Å². The first-order valence-electron chi connectivity index (χ1n) is 10.0. The Morgan fingerprint density at radius 1 is 1.09 bits per heavy atom. The summed E-state index contributed by atoms with van der Waals surface area (Å²) in [7, 11) is 1.94. The zero-order valence-electron chi connectivity index (χ0n) is 17.6. The molecule has 0 radical (unpaired) electrons. The van der Waals surface area contributed by atoms with E-state index in [0.29, 0.717) is 35.7 Å². The van der Waals surface area contributed by atoms with E-state index in [2.05, 4.69) is 94.3 Å². The zero-order valence-corrected chi connectivity index (χ0v) is 23.9. The number of aromatic amines is 3. The summed E-state index contributed by atoms with van der Waals surface area (Å²) in [4.78, 5) is 35.7. The van der Waals surface area contributed by atoms with Crippen LogP contribution < -0.4 is 16.4 Å². The van der Waals surface area contributed by atoms with Crippen molar-refractivity contribution in [3.05, 3.63) is 53.1 Å². The fourth-order valence-corrected chi connectivity index (χ4v) is 5.07. The summed E-state index contributed by atoms with van der Waals surface area (Å²) in [6, 6.07) is 3.47. The predicted molar refractivity (Wildman–Crippen MR) is 141 cm³/mol. The van der Waals surface area contributed by atoms with Crippen molar-refractivity contribution in [1.82, 2.24) is 30.6 Å². The molecule has 0 fully saturated rings. The second-order valence-corrected chi connectivity index (χ2v) is 10.9. The van der Waals surface area contributed by atoms with E-state index >= 15 is 0 Å². The molecule has 1 aliphatic rings. The number of carbonyl (C=O) groups is 2. The number of nitrogens with two attached hydrogens (primary N) is 1. The van der Waals surface area contributed by atoms with Crippen molar-refractivity contribution in [2.45, 2.75) is 12.8 Å². The Morgan fingerprint density at radius 2 is 1.76 bits per heavy atom. The van der Waals surface area contributed by atoms with Crippen molar-refractivity contribution < 1.29 is 9.59 Å². The number of carbonyl (C=O) groups excluding carboxylic acids is 2. The number of H-pyrrole nitrogens is 3. The first-order chi connectivity index (χ1) is 15.7. The van der Waals surface area contributed by atoms with Crippen LogP contribution in [-0.2, 0) is 12.8 Å². The minimum atomic E-state index is -0.112. The number of hydrogen-bond acceptors (Lipinski definition) is 5. The summed E-state index contributed by atoms with van der Waals surface area (Å²) >= 11 is 13.1. The molecule has 178 valence electrons. The molecule has 3 aromatic heterocycles. The minimum Gasteiger partial charge on any atom is -0.369 e. The molecule has 2 unspecified atom stereocenters. The number of amides is 1. The third-order valence-electron chi connectivity index (χ3n) is 5.31. The number of nitrogens with one attached hydrogen (secondary N) is 5. The van der Waals surface area contributed by atoms with Crippen LogP contribution in [0.1, 0.15) is 32.4 Å². The lowest BCUT2D eigenvalue weighted by Crippen LogP contribution is -2.40. The highest BCUT2D eigenvalue weighted by Gasteiger charge is 2.30. The Balaban J connectivity index is 0.000000286. The zero-order chi connectivity index (χ0) is 24.1. The summed E-state index contributed by atoms with van der Waals surface area (Å²) in [5.41, 5.74) is 9.00. The first kappa shape index (κ1) is 26.2. The van der Waals surface area contributed by atoms with Gasteiger partial charge >= 0.3 is 0 Å². The highest BCUT2D eigenvalue weighted by Crippen LogP contribution is 2.29. The molecule has 2 atom stereocenters. The molecular formula is C20H23Br4N7O2. The van der Waals surface area contributed by atoms with Crippen molar-refractivity contribution in [3.63, 3.8) is 0 Å². The number of fused-ring (bicyclic) bond motifs is 1. The van der Waals surface area contributed by atoms with E-state index in [1.165, 1.54) is 0 Å². The molecule has 3 heterocycles. The highest BCUT2D eigenvalue weighted by atomic mass is 79.9. The predicted octanol–water partition coefficient (Wildman–Crippen LogP) is 4.18. The molecule has 0 bridgehead atoms. The summed E-state index contributed by atoms with van der Waals surface area (Å²) in [5.74, 6) is 1.09. The number of nitrogen functional groups attached to an aromatic ring is 1. The Bertz CT molecular complexity index is 1090. The van der Waals surface area contributed by atoms with E-state index in [4.69, 9.17) is 5.73 Å². The van der Waals surface area contributed by atoms with Crippen LogP contribution in [0.4, 0.5) is 5.95 Å². The Labute approximate surface area is 224 Å². The van der Waals surface area contributed by atoms with Crippen molar-refractivity contribution in [1.29, 1.82) is 0 Å². The van der Waals surface area contributed by atoms with Crippen LogP contribution in [0.25, 0.3) is 0 Å². The van der Waals surface area contributed by atoms with E-state index in [-0.39, 0.29) is 5.91 Å². The molecule has 1 amide bonds. The standard InChI is InChI=1S/C15H20Br2N6O.C5H3Br2NO/c1-19-5-7-2-10-11(23-15(18)22-10)3-8(7)6-20-14(24)12-4-9(16)13(17)21-12;6-4-1-3(2-9)8-5(4)7/h4,7-8,19,21H,2-3,5-6H2,1H3,(H,20,24)(H3,18,22,23);1-2,8H. The number of aromatic nitrogens is 4. The normalized spacial score (nSPS) is 17.1. The van der Waals surface area contributed by atoms with Crippen LogP contribution in [0.2, 0.25) is 0 Å². The summed E-state index contributed by atoms with van der Waals surface area (Å²) < 4.78 is 3.25. The molecule has 1 aliphatic carbocycles. The molecule has 9 nitrogen and oxygen atoms in total. The Kier molecular flexibility index (Phi) is 9.39. The van der Waals surface area contributed by atoms with Gasteiger partial charge in [-0.3, -0.25) is 9.59 Å². The van der Waals surface area contributed by atoms with Gasteiger partial charge in [-0.15, -0.1) is 0 Å². The van der Waals surface area contributed by atoms with Crippen LogP contribution in [0.5, 0.6) is 0 Å². The SMILES string of the molecule is CNCC1Cc2nc(N)[nH]c2CC1CNC(=O)c1cc(Br)c(Br)[nH]1.O=Cc1cc(Br)c(Br)[nH]1. The topological polar surface area (TPSA) is 144 Å². The number of anilines is 1. The van der Waals surface area contributed by atoms with Gasteiger partial charge in [0.15, 0.2) is 12.2 Å². The Hall–Kier alpha value is -1.41. The molecule has 3 aromatic rings. The van der Waals surface area contributed by atoms with Gasteiger partial charge in [0.2, 0.25) is 0 Å². The van der Waals surface area contributed by atoms with Gasteiger partial charge < -0.3 is 31.3 Å². The number of hydrogen-bond donors (Lipinski definition) is 6. The molecule has 13 heteroatoms.